The molecule has 3 amide bonds. The fourth-order valence-electron chi connectivity index (χ4n) is 5.63. The molecule has 1 aromatic carbocycles. The predicted molar refractivity (Wildman–Crippen MR) is 130 cm³/mol. The molecule has 1 saturated carbocycles. The van der Waals surface area contributed by atoms with E-state index in [1.54, 1.807) is 0 Å². The molecule has 4 atom stereocenters. The second kappa shape index (κ2) is 11.2. The number of hydrogen-bond acceptors (Lipinski definition) is 4. The molecule has 0 bridgehead atoms. The molecule has 3 N–H and O–H groups in total. The summed E-state index contributed by atoms with van der Waals surface area (Å²) >= 11 is 0. The van der Waals surface area contributed by atoms with E-state index in [0.717, 1.165) is 38.2 Å². The average Bonchev–Trinajstić information content (AvgIpc) is 3.17. The van der Waals surface area contributed by atoms with Crippen LogP contribution in [0.1, 0.15) is 85.6 Å². The van der Waals surface area contributed by atoms with Gasteiger partial charge in [-0.15, -0.1) is 0 Å². The van der Waals surface area contributed by atoms with E-state index in [0.29, 0.717) is 43.1 Å². The first-order valence-corrected chi connectivity index (χ1v) is 12.7. The third-order valence-electron chi connectivity index (χ3n) is 7.77. The van der Waals surface area contributed by atoms with Crippen LogP contribution in [0.2, 0.25) is 0 Å². The minimum Gasteiger partial charge on any atom is -0.366 e. The number of amides is 3. The number of carbonyl (C=O) groups is 3. The maximum absolute atomic E-state index is 13.3. The number of benzene rings is 1. The van der Waals surface area contributed by atoms with Crippen molar-refractivity contribution in [3.63, 3.8) is 0 Å². The van der Waals surface area contributed by atoms with E-state index < -0.39 is 35.2 Å². The van der Waals surface area contributed by atoms with Crippen LogP contribution in [-0.4, -0.2) is 65.3 Å². The zero-order valence-electron chi connectivity index (χ0n) is 21.4. The van der Waals surface area contributed by atoms with Crippen molar-refractivity contribution in [1.29, 1.82) is 0 Å². The molecule has 2 aliphatic rings. The van der Waals surface area contributed by atoms with Crippen molar-refractivity contribution in [3.05, 3.63) is 34.9 Å². The highest BCUT2D eigenvalue weighted by atomic mass is 19.4. The lowest BCUT2D eigenvalue weighted by Gasteiger charge is -2.44. The molecule has 2 fully saturated rings. The molecule has 3 rings (SSSR count). The summed E-state index contributed by atoms with van der Waals surface area (Å²) in [5.41, 5.74) is 3.41. The van der Waals surface area contributed by atoms with E-state index in [4.69, 9.17) is 5.73 Å². The van der Waals surface area contributed by atoms with Crippen LogP contribution in [0.5, 0.6) is 0 Å². The smallest absolute Gasteiger partial charge is 0.366 e. The topological polar surface area (TPSA) is 95.7 Å². The van der Waals surface area contributed by atoms with Gasteiger partial charge in [-0.25, -0.2) is 0 Å². The van der Waals surface area contributed by atoms with Gasteiger partial charge in [0.05, 0.1) is 16.7 Å². The van der Waals surface area contributed by atoms with Crippen LogP contribution in [0.15, 0.2) is 18.2 Å². The normalized spacial score (nSPS) is 25.0. The van der Waals surface area contributed by atoms with Crippen LogP contribution < -0.4 is 11.1 Å². The number of nitrogens with zero attached hydrogens (tertiary/aromatic N) is 2. The minimum absolute atomic E-state index is 0.0749. The Morgan fingerprint density at radius 1 is 1.19 bits per heavy atom. The minimum atomic E-state index is -4.69. The molecule has 10 heteroatoms. The summed E-state index contributed by atoms with van der Waals surface area (Å²) in [6.07, 6.45) is 0.528. The first-order chi connectivity index (χ1) is 16.8. The summed E-state index contributed by atoms with van der Waals surface area (Å²) in [5.74, 6) is -1.81. The first-order valence-electron chi connectivity index (χ1n) is 12.7. The summed E-state index contributed by atoms with van der Waals surface area (Å²) in [4.78, 5) is 42.2. The number of hydrogen-bond donors (Lipinski definition) is 2. The lowest BCUT2D eigenvalue weighted by molar-refractivity contribution is -0.137. The molecule has 1 saturated heterocycles. The van der Waals surface area contributed by atoms with Gasteiger partial charge in [-0.1, -0.05) is 13.3 Å². The van der Waals surface area contributed by atoms with E-state index in [1.807, 2.05) is 4.90 Å². The van der Waals surface area contributed by atoms with Gasteiger partial charge < -0.3 is 20.9 Å². The standard InChI is InChI=1S/C26H37F3N4O3/c1-5-6-16-13-18(32(4)15(2)3)8-10-22(16)33-12-11-21(25(33)36)31-24(35)20-14-17(26(27,28)29)7-9-19(20)23(30)34/h7,9,14-16,18,21-22H,5-6,8,10-13H2,1-4H3,(H2,30,34)(H,31,35)/t16-,18+,21-,22-/m0/s1. The van der Waals surface area contributed by atoms with Gasteiger partial charge in [-0.3, -0.25) is 14.4 Å². The van der Waals surface area contributed by atoms with Crippen molar-refractivity contribution < 1.29 is 27.6 Å². The maximum atomic E-state index is 13.3. The highest BCUT2D eigenvalue weighted by molar-refractivity contribution is 6.08. The van der Waals surface area contributed by atoms with Crippen LogP contribution in [0.25, 0.3) is 0 Å². The van der Waals surface area contributed by atoms with Crippen molar-refractivity contribution in [2.75, 3.05) is 13.6 Å². The van der Waals surface area contributed by atoms with E-state index in [-0.39, 0.29) is 17.5 Å². The zero-order chi connectivity index (χ0) is 26.8. The van der Waals surface area contributed by atoms with Gasteiger partial charge in [0.25, 0.3) is 5.91 Å². The maximum Gasteiger partial charge on any atom is 0.416 e. The number of likely N-dealkylation sites (tertiary alicyclic amines) is 1. The molecule has 200 valence electrons. The number of rotatable bonds is 8. The predicted octanol–water partition coefficient (Wildman–Crippen LogP) is 3.81. The summed E-state index contributed by atoms with van der Waals surface area (Å²) < 4.78 is 39.6. The Balaban J connectivity index is 1.74. The second-order valence-corrected chi connectivity index (χ2v) is 10.3. The second-order valence-electron chi connectivity index (χ2n) is 10.3. The fourth-order valence-corrected chi connectivity index (χ4v) is 5.63. The van der Waals surface area contributed by atoms with E-state index in [2.05, 4.69) is 38.0 Å². The summed E-state index contributed by atoms with van der Waals surface area (Å²) in [5, 5.41) is 2.56. The van der Waals surface area contributed by atoms with Gasteiger partial charge in [-0.2, -0.15) is 13.2 Å². The lowest BCUT2D eigenvalue weighted by atomic mass is 9.77. The third-order valence-corrected chi connectivity index (χ3v) is 7.77. The molecule has 0 spiro atoms. The van der Waals surface area contributed by atoms with Crippen molar-refractivity contribution >= 4 is 17.7 Å². The van der Waals surface area contributed by atoms with Crippen molar-refractivity contribution in [2.24, 2.45) is 11.7 Å². The van der Waals surface area contributed by atoms with Crippen LogP contribution in [0.3, 0.4) is 0 Å². The van der Waals surface area contributed by atoms with Gasteiger partial charge in [0.15, 0.2) is 0 Å². The number of nitrogens with two attached hydrogens (primary N) is 1. The molecule has 7 nitrogen and oxygen atoms in total. The average molecular weight is 511 g/mol. The Morgan fingerprint density at radius 2 is 1.89 bits per heavy atom. The molecule has 0 aromatic heterocycles. The van der Waals surface area contributed by atoms with E-state index >= 15 is 0 Å². The van der Waals surface area contributed by atoms with Crippen molar-refractivity contribution in [1.82, 2.24) is 15.1 Å². The Kier molecular flexibility index (Phi) is 8.69. The van der Waals surface area contributed by atoms with Crippen LogP contribution in [0.4, 0.5) is 13.2 Å². The van der Waals surface area contributed by atoms with Crippen molar-refractivity contribution in [2.45, 2.75) is 89.6 Å². The molecule has 1 aliphatic carbocycles. The summed E-state index contributed by atoms with van der Waals surface area (Å²) in [6, 6.07) is 2.32. The number of carbonyl (C=O) groups excluding carboxylic acids is 3. The Hall–Kier alpha value is -2.62. The van der Waals surface area contributed by atoms with E-state index in [9.17, 15) is 27.6 Å². The molecule has 36 heavy (non-hydrogen) atoms. The highest BCUT2D eigenvalue weighted by Crippen LogP contribution is 2.36. The van der Waals surface area contributed by atoms with Crippen molar-refractivity contribution in [3.8, 4) is 0 Å². The van der Waals surface area contributed by atoms with Gasteiger partial charge in [0.1, 0.15) is 6.04 Å². The Bertz CT molecular complexity index is 982. The fraction of sp³-hybridized carbons (Fsp3) is 0.654. The van der Waals surface area contributed by atoms with Gasteiger partial charge in [0.2, 0.25) is 11.8 Å². The zero-order valence-corrected chi connectivity index (χ0v) is 21.4. The van der Waals surface area contributed by atoms with Crippen LogP contribution >= 0.6 is 0 Å². The van der Waals surface area contributed by atoms with E-state index in [1.165, 1.54) is 0 Å². The number of halogens is 3. The molecule has 1 heterocycles. The molecular formula is C26H37F3N4O3. The number of nitrogens with one attached hydrogen (secondary N) is 1. The van der Waals surface area contributed by atoms with Gasteiger partial charge in [-0.05, 0) is 77.1 Å². The van der Waals surface area contributed by atoms with Gasteiger partial charge in [0, 0.05) is 24.7 Å². The SMILES string of the molecule is CCC[C@H]1C[C@H](N(C)C(C)C)CC[C@@H]1N1CC[C@H](NC(=O)c2cc(C(F)(F)F)ccc2C(N)=O)C1=O. The molecule has 1 aromatic rings. The third kappa shape index (κ3) is 6.02. The molecule has 0 unspecified atom stereocenters. The Labute approximate surface area is 210 Å². The highest BCUT2D eigenvalue weighted by Gasteiger charge is 2.43. The largest absolute Gasteiger partial charge is 0.416 e. The molecular weight excluding hydrogens is 473 g/mol. The molecule has 1 aliphatic heterocycles. The number of alkyl halides is 3. The summed E-state index contributed by atoms with van der Waals surface area (Å²) in [6.45, 7) is 6.95. The van der Waals surface area contributed by atoms with Crippen LogP contribution in [-0.2, 0) is 11.0 Å². The lowest BCUT2D eigenvalue weighted by Crippen LogP contribution is -2.51. The quantitative estimate of drug-likeness (QED) is 0.556. The molecule has 0 radical (unpaired) electrons. The summed E-state index contributed by atoms with van der Waals surface area (Å²) in [7, 11) is 2.14. The monoisotopic (exact) mass is 510 g/mol. The van der Waals surface area contributed by atoms with Crippen LogP contribution in [0, 0.1) is 5.92 Å². The van der Waals surface area contributed by atoms with Gasteiger partial charge >= 0.3 is 6.18 Å². The number of primary amides is 1. The Morgan fingerprint density at radius 3 is 2.47 bits per heavy atom. The first kappa shape index (κ1) is 28.0.